The van der Waals surface area contributed by atoms with Gasteiger partial charge >= 0.3 is 0 Å². The first-order chi connectivity index (χ1) is 11.7. The Morgan fingerprint density at radius 2 is 2.04 bits per heavy atom. The Bertz CT molecular complexity index is 891. The van der Waals surface area contributed by atoms with E-state index in [2.05, 4.69) is 34.7 Å². The van der Waals surface area contributed by atoms with Crippen LogP contribution in [0.4, 0.5) is 0 Å². The SMILES string of the molecule is N=C([O-])c1cccc(-c2ccc3[nH]cc(CC4CCCN4)c3c2)c1. The molecule has 0 saturated carbocycles. The quantitative estimate of drug-likeness (QED) is 0.511. The number of aromatic nitrogens is 1. The van der Waals surface area contributed by atoms with Gasteiger partial charge in [-0.1, -0.05) is 24.3 Å². The second-order valence-corrected chi connectivity index (χ2v) is 6.48. The molecule has 0 aliphatic carbocycles. The molecular formula is C20H20N3O-. The molecule has 0 bridgehead atoms. The highest BCUT2D eigenvalue weighted by atomic mass is 16.3. The Kier molecular flexibility index (Phi) is 3.82. The highest BCUT2D eigenvalue weighted by Gasteiger charge is 2.16. The minimum atomic E-state index is -0.646. The number of H-pyrrole nitrogens is 1. The Labute approximate surface area is 141 Å². The topological polar surface area (TPSA) is 74.7 Å². The Balaban J connectivity index is 1.71. The molecule has 0 spiro atoms. The van der Waals surface area contributed by atoms with E-state index >= 15 is 0 Å². The molecule has 1 unspecified atom stereocenters. The van der Waals surface area contributed by atoms with Crippen LogP contribution >= 0.6 is 0 Å². The van der Waals surface area contributed by atoms with Crippen LogP contribution in [-0.2, 0) is 6.42 Å². The van der Waals surface area contributed by atoms with Gasteiger partial charge in [0.1, 0.15) is 0 Å². The van der Waals surface area contributed by atoms with Gasteiger partial charge in [-0.05, 0) is 72.2 Å². The lowest BCUT2D eigenvalue weighted by atomic mass is 9.98. The average Bonchev–Trinajstić information content (AvgIpc) is 3.25. The molecule has 3 N–H and O–H groups in total. The summed E-state index contributed by atoms with van der Waals surface area (Å²) in [6, 6.07) is 14.2. The van der Waals surface area contributed by atoms with Crippen molar-refractivity contribution in [1.29, 1.82) is 5.41 Å². The van der Waals surface area contributed by atoms with Gasteiger partial charge in [-0.15, -0.1) is 0 Å². The van der Waals surface area contributed by atoms with Crippen LogP contribution < -0.4 is 10.4 Å². The van der Waals surface area contributed by atoms with E-state index in [1.807, 2.05) is 12.1 Å². The third-order valence-electron chi connectivity index (χ3n) is 4.85. The highest BCUT2D eigenvalue weighted by Crippen LogP contribution is 2.28. The fourth-order valence-corrected chi connectivity index (χ4v) is 3.56. The molecule has 0 amide bonds. The monoisotopic (exact) mass is 318 g/mol. The predicted molar refractivity (Wildman–Crippen MR) is 95.3 cm³/mol. The van der Waals surface area contributed by atoms with Gasteiger partial charge in [0.25, 0.3) is 0 Å². The van der Waals surface area contributed by atoms with E-state index in [0.29, 0.717) is 11.6 Å². The van der Waals surface area contributed by atoms with Crippen molar-refractivity contribution in [3.63, 3.8) is 0 Å². The van der Waals surface area contributed by atoms with Crippen LogP contribution in [0.1, 0.15) is 24.0 Å². The molecule has 24 heavy (non-hydrogen) atoms. The molecule has 1 aliphatic heterocycles. The fraction of sp³-hybridized carbons (Fsp3) is 0.250. The van der Waals surface area contributed by atoms with Gasteiger partial charge in [-0.2, -0.15) is 0 Å². The van der Waals surface area contributed by atoms with E-state index < -0.39 is 5.90 Å². The van der Waals surface area contributed by atoms with Gasteiger partial charge in [0.05, 0.1) is 0 Å². The number of aromatic amines is 1. The lowest BCUT2D eigenvalue weighted by Crippen LogP contribution is -2.23. The summed E-state index contributed by atoms with van der Waals surface area (Å²) in [5.41, 5.74) is 4.95. The zero-order chi connectivity index (χ0) is 16.5. The molecule has 1 saturated heterocycles. The van der Waals surface area contributed by atoms with Gasteiger partial charge in [-0.3, -0.25) is 0 Å². The molecule has 4 nitrogen and oxygen atoms in total. The van der Waals surface area contributed by atoms with Crippen LogP contribution in [0.5, 0.6) is 0 Å². The molecule has 122 valence electrons. The first kappa shape index (κ1) is 15.0. The number of hydrogen-bond donors (Lipinski definition) is 3. The maximum absolute atomic E-state index is 11.3. The maximum atomic E-state index is 11.3. The van der Waals surface area contributed by atoms with Crippen molar-refractivity contribution >= 4 is 16.8 Å². The molecule has 2 heterocycles. The normalized spacial score (nSPS) is 17.4. The summed E-state index contributed by atoms with van der Waals surface area (Å²) >= 11 is 0. The number of benzene rings is 2. The maximum Gasteiger partial charge on any atom is 0.0457 e. The summed E-state index contributed by atoms with van der Waals surface area (Å²) in [7, 11) is 0. The van der Waals surface area contributed by atoms with Crippen LogP contribution in [0.25, 0.3) is 22.0 Å². The van der Waals surface area contributed by atoms with Gasteiger partial charge in [0, 0.05) is 23.1 Å². The van der Waals surface area contributed by atoms with Gasteiger partial charge in [-0.25, -0.2) is 0 Å². The second-order valence-electron chi connectivity index (χ2n) is 6.48. The van der Waals surface area contributed by atoms with E-state index in [1.54, 1.807) is 12.1 Å². The Hall–Kier alpha value is -2.59. The molecule has 3 aromatic rings. The Morgan fingerprint density at radius 1 is 1.17 bits per heavy atom. The number of rotatable bonds is 4. The van der Waals surface area contributed by atoms with Crippen molar-refractivity contribution in [2.24, 2.45) is 0 Å². The van der Waals surface area contributed by atoms with E-state index in [0.717, 1.165) is 29.6 Å². The van der Waals surface area contributed by atoms with Crippen molar-refractivity contribution in [2.75, 3.05) is 6.54 Å². The summed E-state index contributed by atoms with van der Waals surface area (Å²) in [4.78, 5) is 3.36. The lowest BCUT2D eigenvalue weighted by Gasteiger charge is -2.11. The molecule has 1 fully saturated rings. The zero-order valence-electron chi connectivity index (χ0n) is 13.4. The van der Waals surface area contributed by atoms with Crippen LogP contribution in [-0.4, -0.2) is 23.5 Å². The van der Waals surface area contributed by atoms with Crippen LogP contribution in [0.15, 0.2) is 48.7 Å². The van der Waals surface area contributed by atoms with Crippen molar-refractivity contribution in [2.45, 2.75) is 25.3 Å². The Morgan fingerprint density at radius 3 is 2.83 bits per heavy atom. The van der Waals surface area contributed by atoms with Gasteiger partial charge < -0.3 is 20.8 Å². The van der Waals surface area contributed by atoms with E-state index in [-0.39, 0.29) is 0 Å². The molecule has 1 atom stereocenters. The summed E-state index contributed by atoms with van der Waals surface area (Å²) < 4.78 is 0. The fourth-order valence-electron chi connectivity index (χ4n) is 3.56. The number of nitrogens with one attached hydrogen (secondary N) is 3. The summed E-state index contributed by atoms with van der Waals surface area (Å²) in [5.74, 6) is -0.646. The molecule has 0 radical (unpaired) electrons. The van der Waals surface area contributed by atoms with Crippen LogP contribution in [0, 0.1) is 5.41 Å². The molecule has 2 aromatic carbocycles. The number of fused-ring (bicyclic) bond motifs is 1. The minimum Gasteiger partial charge on any atom is -0.859 e. The highest BCUT2D eigenvalue weighted by molar-refractivity contribution is 5.91. The van der Waals surface area contributed by atoms with Crippen molar-refractivity contribution in [3.8, 4) is 11.1 Å². The van der Waals surface area contributed by atoms with Crippen molar-refractivity contribution < 1.29 is 5.11 Å². The molecule has 4 heteroatoms. The van der Waals surface area contributed by atoms with Crippen molar-refractivity contribution in [3.05, 3.63) is 59.8 Å². The second kappa shape index (κ2) is 6.13. The first-order valence-corrected chi connectivity index (χ1v) is 8.40. The largest absolute Gasteiger partial charge is 0.859 e. The standard InChI is InChI=1S/C20H21N3O/c21-20(24)15-4-1-3-13(9-15)14-6-7-19-18(11-14)16(12-23-19)10-17-5-2-8-22-17/h1,3-4,6-7,9,11-12,17,22-23H,2,5,8,10H2,(H2,21,24)/p-1. The van der Waals surface area contributed by atoms with E-state index in [1.165, 1.54) is 23.8 Å². The number of hydrogen-bond acceptors (Lipinski definition) is 3. The van der Waals surface area contributed by atoms with Gasteiger partial charge in [0.15, 0.2) is 0 Å². The van der Waals surface area contributed by atoms with Crippen molar-refractivity contribution in [1.82, 2.24) is 10.3 Å². The molecule has 1 aliphatic rings. The first-order valence-electron chi connectivity index (χ1n) is 8.40. The van der Waals surface area contributed by atoms with E-state index in [4.69, 9.17) is 5.41 Å². The summed E-state index contributed by atoms with van der Waals surface area (Å²) in [6.07, 6.45) is 5.64. The third-order valence-corrected chi connectivity index (χ3v) is 4.85. The van der Waals surface area contributed by atoms with Crippen LogP contribution in [0.2, 0.25) is 0 Å². The predicted octanol–water partition coefficient (Wildman–Crippen LogP) is 2.82. The lowest BCUT2D eigenvalue weighted by molar-refractivity contribution is -0.214. The minimum absolute atomic E-state index is 0.428. The van der Waals surface area contributed by atoms with Gasteiger partial charge in [0.2, 0.25) is 0 Å². The van der Waals surface area contributed by atoms with Crippen LogP contribution in [0.3, 0.4) is 0 Å². The smallest absolute Gasteiger partial charge is 0.0457 e. The molecular weight excluding hydrogens is 298 g/mol. The zero-order valence-corrected chi connectivity index (χ0v) is 13.4. The average molecular weight is 318 g/mol. The molecule has 4 rings (SSSR count). The third kappa shape index (κ3) is 2.81. The van der Waals surface area contributed by atoms with E-state index in [9.17, 15) is 5.11 Å². The summed E-state index contributed by atoms with van der Waals surface area (Å²) in [5, 5.41) is 23.4. The summed E-state index contributed by atoms with van der Waals surface area (Å²) in [6.45, 7) is 1.12. The molecule has 1 aromatic heterocycles.